The van der Waals surface area contributed by atoms with E-state index in [1.54, 1.807) is 0 Å². The maximum atomic E-state index is 13.4. The Hall–Kier alpha value is -3.81. The van der Waals surface area contributed by atoms with E-state index < -0.39 is 17.6 Å². The van der Waals surface area contributed by atoms with Gasteiger partial charge in [0.05, 0.1) is 11.1 Å². The highest BCUT2D eigenvalue weighted by molar-refractivity contribution is 5.99. The van der Waals surface area contributed by atoms with Crippen LogP contribution in [0, 0.1) is 0 Å². The minimum absolute atomic E-state index is 0.0335. The zero-order chi connectivity index (χ0) is 25.3. The number of piperazine rings is 1. The van der Waals surface area contributed by atoms with Crippen LogP contribution in [0.1, 0.15) is 37.4 Å². The minimum Gasteiger partial charge on any atom is -0.368 e. The molecule has 2 aliphatic rings. The quantitative estimate of drug-likeness (QED) is 0.510. The van der Waals surface area contributed by atoms with Gasteiger partial charge in [-0.3, -0.25) is 9.59 Å². The van der Waals surface area contributed by atoms with Crippen LogP contribution in [0.15, 0.2) is 72.8 Å². The van der Waals surface area contributed by atoms with Crippen LogP contribution in [-0.4, -0.2) is 54.3 Å². The molecular weight excluding hydrogens is 467 g/mol. The summed E-state index contributed by atoms with van der Waals surface area (Å²) in [5, 5.41) is 0. The molecule has 36 heavy (non-hydrogen) atoms. The predicted octanol–water partition coefficient (Wildman–Crippen LogP) is 4.87. The molecule has 8 heteroatoms. The lowest BCUT2D eigenvalue weighted by Gasteiger charge is -2.36. The molecule has 2 heterocycles. The Morgan fingerprint density at radius 2 is 1.56 bits per heavy atom. The first-order chi connectivity index (χ1) is 17.3. The van der Waals surface area contributed by atoms with Crippen LogP contribution in [0.3, 0.4) is 0 Å². The smallest absolute Gasteiger partial charge is 0.368 e. The van der Waals surface area contributed by atoms with Crippen LogP contribution in [0.25, 0.3) is 0 Å². The van der Waals surface area contributed by atoms with Gasteiger partial charge in [0.1, 0.15) is 0 Å². The molecule has 1 saturated heterocycles. The van der Waals surface area contributed by atoms with E-state index in [0.29, 0.717) is 44.8 Å². The molecule has 2 aliphatic heterocycles. The average molecular weight is 494 g/mol. The van der Waals surface area contributed by atoms with Gasteiger partial charge in [0.25, 0.3) is 11.8 Å². The van der Waals surface area contributed by atoms with Crippen molar-refractivity contribution in [3.63, 3.8) is 0 Å². The normalized spacial score (nSPS) is 15.9. The summed E-state index contributed by atoms with van der Waals surface area (Å²) in [6.07, 6.45) is -3.79. The summed E-state index contributed by atoms with van der Waals surface area (Å²) in [7, 11) is 0. The topological polar surface area (TPSA) is 43.9 Å². The van der Waals surface area contributed by atoms with E-state index in [2.05, 4.69) is 17.0 Å². The second kappa shape index (κ2) is 9.68. The first-order valence-electron chi connectivity index (χ1n) is 12.0. The molecule has 0 spiro atoms. The first kappa shape index (κ1) is 23.9. The summed E-state index contributed by atoms with van der Waals surface area (Å²) < 4.78 is 40.1. The largest absolute Gasteiger partial charge is 0.417 e. The summed E-state index contributed by atoms with van der Waals surface area (Å²) >= 11 is 0. The molecule has 0 unspecified atom stereocenters. The average Bonchev–Trinajstić information content (AvgIpc) is 3.22. The van der Waals surface area contributed by atoms with Crippen molar-refractivity contribution in [2.75, 3.05) is 37.6 Å². The molecule has 186 valence electrons. The zero-order valence-electron chi connectivity index (χ0n) is 19.7. The number of amides is 2. The fourth-order valence-electron chi connectivity index (χ4n) is 4.91. The van der Waals surface area contributed by atoms with E-state index >= 15 is 0 Å². The van der Waals surface area contributed by atoms with Crippen molar-refractivity contribution in [2.45, 2.75) is 19.1 Å². The van der Waals surface area contributed by atoms with Crippen molar-refractivity contribution >= 4 is 17.5 Å². The number of alkyl halides is 3. The Kier molecular flexibility index (Phi) is 6.43. The lowest BCUT2D eigenvalue weighted by molar-refractivity contribution is -0.138. The number of carbonyl (C=O) groups is 2. The monoisotopic (exact) mass is 493 g/mol. The molecule has 0 saturated carbocycles. The van der Waals surface area contributed by atoms with Crippen molar-refractivity contribution in [1.29, 1.82) is 0 Å². The number of hydrogen-bond donors (Lipinski definition) is 0. The van der Waals surface area contributed by atoms with Gasteiger partial charge in [0.2, 0.25) is 0 Å². The molecule has 0 bridgehead atoms. The van der Waals surface area contributed by atoms with Crippen molar-refractivity contribution in [3.05, 3.63) is 101 Å². The number of fused-ring (bicyclic) bond motifs is 1. The molecule has 3 aromatic rings. The van der Waals surface area contributed by atoms with E-state index in [-0.39, 0.29) is 11.5 Å². The number of carbonyl (C=O) groups excluding carboxylic acids is 2. The third kappa shape index (κ3) is 4.80. The summed E-state index contributed by atoms with van der Waals surface area (Å²) in [5.41, 5.74) is 2.61. The number of rotatable bonds is 5. The van der Waals surface area contributed by atoms with Gasteiger partial charge in [-0.2, -0.15) is 13.2 Å². The van der Waals surface area contributed by atoms with Crippen LogP contribution >= 0.6 is 0 Å². The number of anilines is 1. The number of halogens is 3. The zero-order valence-corrected chi connectivity index (χ0v) is 19.7. The van der Waals surface area contributed by atoms with E-state index in [1.165, 1.54) is 28.7 Å². The van der Waals surface area contributed by atoms with Gasteiger partial charge in [0.15, 0.2) is 0 Å². The third-order valence-electron chi connectivity index (χ3n) is 6.88. The van der Waals surface area contributed by atoms with Crippen molar-refractivity contribution in [1.82, 2.24) is 9.80 Å². The van der Waals surface area contributed by atoms with Crippen LogP contribution in [0.4, 0.5) is 18.9 Å². The Morgan fingerprint density at radius 1 is 0.861 bits per heavy atom. The van der Waals surface area contributed by atoms with Gasteiger partial charge in [-0.05, 0) is 47.9 Å². The Labute approximate surface area is 207 Å². The second-order valence-corrected chi connectivity index (χ2v) is 9.13. The minimum atomic E-state index is -4.58. The summed E-state index contributed by atoms with van der Waals surface area (Å²) in [4.78, 5) is 31.1. The summed E-state index contributed by atoms with van der Waals surface area (Å²) in [6.45, 7) is 2.86. The van der Waals surface area contributed by atoms with E-state index in [9.17, 15) is 22.8 Å². The fraction of sp³-hybridized carbons (Fsp3) is 0.286. The molecule has 0 N–H and O–H groups in total. The standard InChI is InChI=1S/C28H26F3N3O2/c29-28(30,31)25-9-5-4-8-24(25)27(36)33-16-14-32(15-17-33)22-10-11-23-21(18-22)19-34(26(23)35)13-12-20-6-2-1-3-7-20/h1-11,18H,12-17,19H2. The lowest BCUT2D eigenvalue weighted by atomic mass is 10.1. The molecule has 3 aromatic carbocycles. The van der Waals surface area contributed by atoms with Gasteiger partial charge in [-0.15, -0.1) is 0 Å². The highest BCUT2D eigenvalue weighted by atomic mass is 19.4. The van der Waals surface area contributed by atoms with Crippen LogP contribution < -0.4 is 4.90 Å². The summed E-state index contributed by atoms with van der Waals surface area (Å²) in [5.74, 6) is -0.567. The Bertz CT molecular complexity index is 1270. The van der Waals surface area contributed by atoms with Crippen LogP contribution in [0.2, 0.25) is 0 Å². The molecule has 5 nitrogen and oxygen atoms in total. The molecule has 2 amide bonds. The van der Waals surface area contributed by atoms with Gasteiger partial charge in [-0.1, -0.05) is 42.5 Å². The molecule has 0 atom stereocenters. The molecule has 0 aromatic heterocycles. The molecule has 0 radical (unpaired) electrons. The number of benzene rings is 3. The predicted molar refractivity (Wildman–Crippen MR) is 131 cm³/mol. The Morgan fingerprint density at radius 3 is 2.28 bits per heavy atom. The highest BCUT2D eigenvalue weighted by Crippen LogP contribution is 2.33. The van der Waals surface area contributed by atoms with Gasteiger partial charge < -0.3 is 14.7 Å². The second-order valence-electron chi connectivity index (χ2n) is 9.13. The maximum Gasteiger partial charge on any atom is 0.417 e. The van der Waals surface area contributed by atoms with E-state index in [0.717, 1.165) is 23.7 Å². The van der Waals surface area contributed by atoms with Crippen LogP contribution in [-0.2, 0) is 19.1 Å². The van der Waals surface area contributed by atoms with Gasteiger partial charge >= 0.3 is 6.18 Å². The number of nitrogens with zero attached hydrogens (tertiary/aromatic N) is 3. The molecule has 5 rings (SSSR count). The molecule has 1 fully saturated rings. The number of hydrogen-bond acceptors (Lipinski definition) is 3. The van der Waals surface area contributed by atoms with E-state index in [1.807, 2.05) is 41.3 Å². The van der Waals surface area contributed by atoms with Crippen molar-refractivity contribution in [2.24, 2.45) is 0 Å². The molecular formula is C28H26F3N3O2. The van der Waals surface area contributed by atoms with Gasteiger partial charge in [0, 0.05) is 50.5 Å². The summed E-state index contributed by atoms with van der Waals surface area (Å²) in [6, 6.07) is 20.8. The first-order valence-corrected chi connectivity index (χ1v) is 12.0. The van der Waals surface area contributed by atoms with Crippen molar-refractivity contribution in [3.8, 4) is 0 Å². The van der Waals surface area contributed by atoms with Crippen molar-refractivity contribution < 1.29 is 22.8 Å². The van der Waals surface area contributed by atoms with Crippen LogP contribution in [0.5, 0.6) is 0 Å². The Balaban J connectivity index is 1.22. The molecule has 0 aliphatic carbocycles. The highest BCUT2D eigenvalue weighted by Gasteiger charge is 2.36. The fourth-order valence-corrected chi connectivity index (χ4v) is 4.91. The lowest BCUT2D eigenvalue weighted by Crippen LogP contribution is -2.49. The third-order valence-corrected chi connectivity index (χ3v) is 6.88. The van der Waals surface area contributed by atoms with E-state index in [4.69, 9.17) is 0 Å². The van der Waals surface area contributed by atoms with Gasteiger partial charge in [-0.25, -0.2) is 0 Å². The SMILES string of the molecule is O=C1c2ccc(N3CCN(C(=O)c4ccccc4C(F)(F)F)CC3)cc2CN1CCc1ccccc1. The maximum absolute atomic E-state index is 13.4.